The minimum Gasteiger partial charge on any atom is -0.632 e. The molecule has 2 saturated heterocycles. The molecule has 2 fully saturated rings. The van der Waals surface area contributed by atoms with Gasteiger partial charge < -0.3 is 30.0 Å². The van der Waals surface area contributed by atoms with Gasteiger partial charge in [0.05, 0.1) is 26.3 Å². The Morgan fingerprint density at radius 3 is 2.53 bits per heavy atom. The molecule has 2 aliphatic rings. The molecular weight excluding hydrogens is 665 g/mol. The lowest BCUT2D eigenvalue weighted by molar-refractivity contribution is -0.847. The highest BCUT2D eigenvalue weighted by Gasteiger charge is 2.42. The Kier molecular flexibility index (Phi) is 17.4. The van der Waals surface area contributed by atoms with Crippen molar-refractivity contribution in [2.75, 3.05) is 77.5 Å². The summed E-state index contributed by atoms with van der Waals surface area (Å²) in [5, 5.41) is 69.3. The van der Waals surface area contributed by atoms with Crippen LogP contribution in [0.2, 0.25) is 0 Å². The van der Waals surface area contributed by atoms with Gasteiger partial charge >= 0.3 is 5.13 Å². The number of likely N-dealkylation sites (N-methyl/N-ethyl adjacent to an activating group) is 2. The van der Waals surface area contributed by atoms with E-state index in [-0.39, 0.29) is 29.7 Å². The summed E-state index contributed by atoms with van der Waals surface area (Å²) in [7, 11) is 3.59. The van der Waals surface area contributed by atoms with Gasteiger partial charge in [0, 0.05) is 31.0 Å². The van der Waals surface area contributed by atoms with E-state index in [0.717, 1.165) is 47.3 Å². The van der Waals surface area contributed by atoms with E-state index in [1.165, 1.54) is 35.5 Å². The zero-order chi connectivity index (χ0) is 34.3. The number of unbranched alkanes of at least 4 members (excludes halogenated alkanes) is 4. The third-order valence-electron chi connectivity index (χ3n) is 7.87. The van der Waals surface area contributed by atoms with Crippen LogP contribution in [0.5, 0.6) is 5.19 Å². The molecular formula is C29H56N10O5S3. The largest absolute Gasteiger partial charge is 0.632 e. The molecule has 0 aromatic carbocycles. The Morgan fingerprint density at radius 1 is 1.02 bits per heavy atom. The van der Waals surface area contributed by atoms with Crippen molar-refractivity contribution in [2.45, 2.75) is 94.9 Å². The molecule has 47 heavy (non-hydrogen) atoms. The van der Waals surface area contributed by atoms with Crippen molar-refractivity contribution in [3.63, 3.8) is 0 Å². The first-order valence-electron chi connectivity index (χ1n) is 16.8. The molecule has 5 unspecified atom stereocenters. The standard InChI is InChI=1S/C15H29N5O3S.C14H27N5O2S2/c1-3-4-5-6-10-23-15-18-17-14(24-15)20(22)12-19(2)11-13(20)16-8-7-9-21;1-4-6-7-11(20)8-15-12-9-19(3,21)10-18(12)13-16-17-14(23-13)22-5-2/h13,16,21H,3-12H2,1-2H3;11-12,15,20H,4-10H2,1-3H3. The van der Waals surface area contributed by atoms with Gasteiger partial charge in [-0.3, -0.25) is 25.1 Å². The maximum Gasteiger partial charge on any atom is 0.312 e. The average molecular weight is 721 g/mol. The summed E-state index contributed by atoms with van der Waals surface area (Å²) in [6, 6.07) is 0. The fourth-order valence-electron chi connectivity index (χ4n) is 5.42. The van der Waals surface area contributed by atoms with Gasteiger partial charge in [-0.25, -0.2) is 0 Å². The average Bonchev–Trinajstić information content (AvgIpc) is 3.82. The Morgan fingerprint density at radius 2 is 1.81 bits per heavy atom. The minimum atomic E-state index is -0.557. The van der Waals surface area contributed by atoms with Gasteiger partial charge in [-0.05, 0) is 32.1 Å². The molecule has 0 spiro atoms. The van der Waals surface area contributed by atoms with Gasteiger partial charge in [-0.1, -0.05) is 86.2 Å². The number of aliphatic hydroxyl groups is 2. The first kappa shape index (κ1) is 40.1. The van der Waals surface area contributed by atoms with Crippen LogP contribution in [-0.4, -0.2) is 131 Å². The van der Waals surface area contributed by atoms with Crippen LogP contribution in [0.1, 0.15) is 72.1 Å². The molecule has 4 N–H and O–H groups in total. The fraction of sp³-hybridized carbons (Fsp3) is 0.862. The summed E-state index contributed by atoms with van der Waals surface area (Å²) in [5.41, 5.74) is 0. The summed E-state index contributed by atoms with van der Waals surface area (Å²) in [5.74, 6) is 0.954. The van der Waals surface area contributed by atoms with Gasteiger partial charge in [0.25, 0.3) is 5.19 Å². The number of rotatable bonds is 20. The Hall–Kier alpha value is -1.29. The van der Waals surface area contributed by atoms with Gasteiger partial charge in [0.2, 0.25) is 5.13 Å². The van der Waals surface area contributed by atoms with Crippen LogP contribution >= 0.6 is 34.4 Å². The summed E-state index contributed by atoms with van der Waals surface area (Å²) >= 11 is 4.42. The molecule has 15 nitrogen and oxygen atoms in total. The van der Waals surface area contributed by atoms with Crippen molar-refractivity contribution >= 4 is 44.7 Å². The molecule has 2 aromatic rings. The number of nitrogens with zero attached hydrogens (tertiary/aromatic N) is 8. The molecule has 4 rings (SSSR count). The van der Waals surface area contributed by atoms with Crippen molar-refractivity contribution in [2.24, 2.45) is 0 Å². The number of aliphatic hydroxyl groups excluding tert-OH is 2. The molecule has 2 aromatic heterocycles. The molecule has 2 aliphatic heterocycles. The maximum atomic E-state index is 13.3. The van der Waals surface area contributed by atoms with Crippen molar-refractivity contribution in [1.29, 1.82) is 0 Å². The Labute approximate surface area is 292 Å². The summed E-state index contributed by atoms with van der Waals surface area (Å²) in [6.07, 6.45) is 7.26. The second-order valence-electron chi connectivity index (χ2n) is 12.4. The third-order valence-corrected chi connectivity index (χ3v) is 10.8. The lowest BCUT2D eigenvalue weighted by Crippen LogP contribution is -2.56. The third kappa shape index (κ3) is 12.8. The summed E-state index contributed by atoms with van der Waals surface area (Å²) in [6.45, 7) is 9.97. The van der Waals surface area contributed by atoms with Crippen LogP contribution < -0.4 is 24.9 Å². The zero-order valence-corrected chi connectivity index (χ0v) is 31.1. The second-order valence-corrected chi connectivity index (χ2v) is 15.8. The highest BCUT2D eigenvalue weighted by molar-refractivity contribution is 8.01. The highest BCUT2D eigenvalue weighted by Crippen LogP contribution is 2.35. The van der Waals surface area contributed by atoms with Crippen LogP contribution in [0.3, 0.4) is 0 Å². The Balaban J connectivity index is 0.000000256. The molecule has 4 heterocycles. The number of quaternary nitrogens is 2. The maximum absolute atomic E-state index is 13.3. The first-order chi connectivity index (χ1) is 22.5. The molecule has 0 aliphatic carbocycles. The summed E-state index contributed by atoms with van der Waals surface area (Å²) in [4.78, 5) is 3.97. The van der Waals surface area contributed by atoms with Gasteiger partial charge in [0.1, 0.15) is 19.4 Å². The predicted molar refractivity (Wildman–Crippen MR) is 191 cm³/mol. The van der Waals surface area contributed by atoms with E-state index in [0.29, 0.717) is 62.9 Å². The van der Waals surface area contributed by atoms with Gasteiger partial charge in [-0.2, -0.15) is 0 Å². The zero-order valence-electron chi connectivity index (χ0n) is 28.7. The quantitative estimate of drug-likeness (QED) is 0.0678. The van der Waals surface area contributed by atoms with E-state index in [1.807, 2.05) is 16.8 Å². The van der Waals surface area contributed by atoms with Crippen LogP contribution in [0.25, 0.3) is 0 Å². The number of ether oxygens (including phenoxy) is 1. The van der Waals surface area contributed by atoms with Crippen LogP contribution in [0.4, 0.5) is 10.3 Å². The molecule has 0 bridgehead atoms. The number of hydrogen-bond donors (Lipinski definition) is 4. The fourth-order valence-corrected chi connectivity index (χ4v) is 8.00. The topological polar surface area (TPSA) is 178 Å². The molecule has 5 atom stereocenters. The Bertz CT molecular complexity index is 1150. The van der Waals surface area contributed by atoms with Crippen LogP contribution in [0.15, 0.2) is 4.34 Å². The number of aromatic nitrogens is 4. The number of nitrogens with one attached hydrogen (secondary N) is 2. The van der Waals surface area contributed by atoms with Crippen molar-refractivity contribution in [3.05, 3.63) is 10.4 Å². The predicted octanol–water partition coefficient (Wildman–Crippen LogP) is 3.34. The van der Waals surface area contributed by atoms with Crippen molar-refractivity contribution in [1.82, 2.24) is 40.6 Å². The van der Waals surface area contributed by atoms with Crippen LogP contribution in [-0.2, 0) is 0 Å². The van der Waals surface area contributed by atoms with Crippen LogP contribution in [0, 0.1) is 10.4 Å². The van der Waals surface area contributed by atoms with Gasteiger partial charge in [-0.15, -0.1) is 10.2 Å². The van der Waals surface area contributed by atoms with E-state index < -0.39 is 4.65 Å². The molecule has 18 heteroatoms. The van der Waals surface area contributed by atoms with E-state index in [1.54, 1.807) is 18.8 Å². The number of thioether (sulfide) groups is 1. The van der Waals surface area contributed by atoms with Crippen molar-refractivity contribution in [3.8, 4) is 5.19 Å². The number of hydrogen-bond acceptors (Lipinski definition) is 16. The molecule has 0 amide bonds. The van der Waals surface area contributed by atoms with E-state index in [4.69, 9.17) is 9.84 Å². The van der Waals surface area contributed by atoms with E-state index in [9.17, 15) is 15.5 Å². The number of anilines is 1. The summed E-state index contributed by atoms with van der Waals surface area (Å²) < 4.78 is 5.66. The normalized spacial score (nSPS) is 25.3. The smallest absolute Gasteiger partial charge is 0.312 e. The molecule has 0 saturated carbocycles. The van der Waals surface area contributed by atoms with E-state index >= 15 is 0 Å². The second kappa shape index (κ2) is 20.4. The monoisotopic (exact) mass is 720 g/mol. The highest BCUT2D eigenvalue weighted by atomic mass is 32.2. The molecule has 0 radical (unpaired) electrons. The lowest BCUT2D eigenvalue weighted by atomic mass is 10.1. The van der Waals surface area contributed by atoms with E-state index in [2.05, 4.69) is 51.8 Å². The number of hydroxylamine groups is 5. The molecule has 270 valence electrons. The minimum absolute atomic E-state index is 0.110. The SMILES string of the molecule is CCCCC(O)CNC1C[N+](C)([O-])CN1c1nnc(SCC)s1.CCCCCCOc1nnc([N+]2([O-])CN(C)CC2NCCCO)s1. The first-order valence-corrected chi connectivity index (χ1v) is 19.4. The lowest BCUT2D eigenvalue weighted by Gasteiger charge is -2.39. The van der Waals surface area contributed by atoms with Crippen molar-refractivity contribution < 1.29 is 19.6 Å². The van der Waals surface area contributed by atoms with Gasteiger partial charge in [0.15, 0.2) is 17.2 Å².